The Kier molecular flexibility index (Phi) is 4.79. The Morgan fingerprint density at radius 3 is 2.67 bits per heavy atom. The van der Waals surface area contributed by atoms with Crippen LogP contribution in [0.25, 0.3) is 10.1 Å². The van der Waals surface area contributed by atoms with Crippen molar-refractivity contribution in [2.45, 2.75) is 33.3 Å². The molecule has 0 spiro atoms. The van der Waals surface area contributed by atoms with Crippen molar-refractivity contribution in [2.24, 2.45) is 0 Å². The van der Waals surface area contributed by atoms with Crippen LogP contribution in [0.5, 0.6) is 0 Å². The van der Waals surface area contributed by atoms with Gasteiger partial charge >= 0.3 is 0 Å². The number of fused-ring (bicyclic) bond motifs is 1. The van der Waals surface area contributed by atoms with Gasteiger partial charge in [0.05, 0.1) is 6.10 Å². The molecular formula is C13H18OS. The monoisotopic (exact) mass is 222 g/mol. The lowest BCUT2D eigenvalue weighted by molar-refractivity contribution is 0.195. The molecule has 0 aliphatic rings. The molecule has 1 atom stereocenters. The molecule has 82 valence electrons. The Bertz CT molecular complexity index is 404. The van der Waals surface area contributed by atoms with E-state index >= 15 is 0 Å². The molecule has 2 rings (SSSR count). The van der Waals surface area contributed by atoms with Gasteiger partial charge in [0.1, 0.15) is 0 Å². The molecule has 1 unspecified atom stereocenters. The molecule has 1 heterocycles. The van der Waals surface area contributed by atoms with Gasteiger partial charge in [-0.25, -0.2) is 0 Å². The third-order valence-electron chi connectivity index (χ3n) is 2.05. The van der Waals surface area contributed by atoms with Crippen molar-refractivity contribution in [2.75, 3.05) is 0 Å². The van der Waals surface area contributed by atoms with Gasteiger partial charge < -0.3 is 5.11 Å². The number of thiophene rings is 1. The van der Waals surface area contributed by atoms with Crippen LogP contribution in [0.4, 0.5) is 0 Å². The fourth-order valence-corrected chi connectivity index (χ4v) is 2.32. The largest absolute Gasteiger partial charge is 0.393 e. The number of aliphatic hydroxyl groups is 1. The van der Waals surface area contributed by atoms with Crippen LogP contribution in [0.2, 0.25) is 0 Å². The molecule has 1 nitrogen and oxygen atoms in total. The van der Waals surface area contributed by atoms with Crippen molar-refractivity contribution < 1.29 is 5.11 Å². The Morgan fingerprint density at radius 2 is 2.00 bits per heavy atom. The molecule has 1 N–H and O–H groups in total. The molecule has 0 amide bonds. The summed E-state index contributed by atoms with van der Waals surface area (Å²) < 4.78 is 1.30. The van der Waals surface area contributed by atoms with Gasteiger partial charge in [-0.1, -0.05) is 26.0 Å². The second kappa shape index (κ2) is 5.89. The Hall–Kier alpha value is -0.860. The van der Waals surface area contributed by atoms with E-state index in [-0.39, 0.29) is 6.10 Å². The predicted molar refractivity (Wildman–Crippen MR) is 68.6 cm³/mol. The summed E-state index contributed by atoms with van der Waals surface area (Å²) in [4.78, 5) is 0. The van der Waals surface area contributed by atoms with Crippen LogP contribution in [0.3, 0.4) is 0 Å². The molecule has 0 bridgehead atoms. The fourth-order valence-electron chi connectivity index (χ4n) is 1.47. The number of aliphatic hydroxyl groups excluding tert-OH is 1. The summed E-state index contributed by atoms with van der Waals surface area (Å²) in [6.45, 7) is 5.82. The molecule has 0 radical (unpaired) electrons. The first-order valence-electron chi connectivity index (χ1n) is 5.40. The molecular weight excluding hydrogens is 204 g/mol. The molecule has 0 saturated heterocycles. The number of hydrogen-bond acceptors (Lipinski definition) is 2. The molecule has 0 aliphatic carbocycles. The van der Waals surface area contributed by atoms with Gasteiger partial charge in [0, 0.05) is 4.70 Å². The Labute approximate surface area is 95.4 Å². The first-order valence-corrected chi connectivity index (χ1v) is 6.28. The third kappa shape index (κ3) is 3.33. The third-order valence-corrected chi connectivity index (χ3v) is 2.93. The summed E-state index contributed by atoms with van der Waals surface area (Å²) in [6.07, 6.45) is 0.491. The first-order chi connectivity index (χ1) is 7.25. The molecule has 2 heteroatoms. The minimum atomic E-state index is -0.252. The maximum Gasteiger partial charge on any atom is 0.0552 e. The van der Waals surface area contributed by atoms with Crippen LogP contribution in [-0.4, -0.2) is 11.2 Å². The minimum absolute atomic E-state index is 0.252. The van der Waals surface area contributed by atoms with E-state index in [9.17, 15) is 5.11 Å². The highest BCUT2D eigenvalue weighted by Crippen LogP contribution is 2.22. The van der Waals surface area contributed by atoms with Crippen molar-refractivity contribution >= 4 is 21.4 Å². The van der Waals surface area contributed by atoms with E-state index in [2.05, 4.69) is 29.6 Å². The van der Waals surface area contributed by atoms with Crippen molar-refractivity contribution in [3.63, 3.8) is 0 Å². The van der Waals surface area contributed by atoms with Crippen LogP contribution < -0.4 is 0 Å². The van der Waals surface area contributed by atoms with E-state index in [0.29, 0.717) is 0 Å². The summed E-state index contributed by atoms with van der Waals surface area (Å²) in [5.41, 5.74) is 1.21. The first kappa shape index (κ1) is 12.2. The molecule has 0 fully saturated rings. The quantitative estimate of drug-likeness (QED) is 0.818. The lowest BCUT2D eigenvalue weighted by Crippen LogP contribution is -2.03. The zero-order chi connectivity index (χ0) is 11.3. The van der Waals surface area contributed by atoms with E-state index < -0.39 is 0 Å². The van der Waals surface area contributed by atoms with Crippen LogP contribution in [0.15, 0.2) is 29.6 Å². The van der Waals surface area contributed by atoms with Crippen molar-refractivity contribution in [3.8, 4) is 0 Å². The minimum Gasteiger partial charge on any atom is -0.393 e. The summed E-state index contributed by atoms with van der Waals surface area (Å²) in [6, 6.07) is 8.48. The van der Waals surface area contributed by atoms with Gasteiger partial charge in [0.2, 0.25) is 0 Å². The van der Waals surface area contributed by atoms with E-state index in [0.717, 1.165) is 6.42 Å². The van der Waals surface area contributed by atoms with Gasteiger partial charge in [-0.2, -0.15) is 0 Å². The maximum absolute atomic E-state index is 9.23. The molecule has 1 aromatic heterocycles. The van der Waals surface area contributed by atoms with Crippen LogP contribution in [0.1, 0.15) is 26.3 Å². The van der Waals surface area contributed by atoms with Crippen LogP contribution in [0, 0.1) is 0 Å². The van der Waals surface area contributed by atoms with E-state index in [4.69, 9.17) is 0 Å². The van der Waals surface area contributed by atoms with Crippen molar-refractivity contribution in [1.29, 1.82) is 0 Å². The van der Waals surface area contributed by atoms with Gasteiger partial charge in [-0.05, 0) is 41.8 Å². The average Bonchev–Trinajstić information content (AvgIpc) is 2.67. The SMILES string of the molecule is CC.CC(O)Cc1ccc2ccsc2c1. The van der Waals surface area contributed by atoms with E-state index in [1.165, 1.54) is 15.6 Å². The van der Waals surface area contributed by atoms with Crippen LogP contribution >= 0.6 is 11.3 Å². The lowest BCUT2D eigenvalue weighted by Gasteiger charge is -2.03. The number of benzene rings is 1. The highest BCUT2D eigenvalue weighted by atomic mass is 32.1. The highest BCUT2D eigenvalue weighted by Gasteiger charge is 2.00. The highest BCUT2D eigenvalue weighted by molar-refractivity contribution is 7.17. The van der Waals surface area contributed by atoms with Crippen molar-refractivity contribution in [3.05, 3.63) is 35.2 Å². The number of hydrogen-bond donors (Lipinski definition) is 1. The summed E-state index contributed by atoms with van der Waals surface area (Å²) in [5.74, 6) is 0. The van der Waals surface area contributed by atoms with Gasteiger partial charge in [-0.15, -0.1) is 11.3 Å². The maximum atomic E-state index is 9.23. The van der Waals surface area contributed by atoms with E-state index in [1.807, 2.05) is 20.8 Å². The fraction of sp³-hybridized carbons (Fsp3) is 0.385. The predicted octanol–water partition coefficient (Wildman–Crippen LogP) is 3.85. The van der Waals surface area contributed by atoms with Crippen molar-refractivity contribution in [1.82, 2.24) is 0 Å². The molecule has 2 aromatic rings. The summed E-state index contributed by atoms with van der Waals surface area (Å²) in [5, 5.41) is 12.6. The Morgan fingerprint density at radius 1 is 1.27 bits per heavy atom. The average molecular weight is 222 g/mol. The van der Waals surface area contributed by atoms with Crippen LogP contribution in [-0.2, 0) is 6.42 Å². The smallest absolute Gasteiger partial charge is 0.0552 e. The zero-order valence-electron chi connectivity index (χ0n) is 9.53. The zero-order valence-corrected chi connectivity index (χ0v) is 10.3. The van der Waals surface area contributed by atoms with Gasteiger partial charge in [0.15, 0.2) is 0 Å². The molecule has 0 saturated carbocycles. The summed E-state index contributed by atoms with van der Waals surface area (Å²) >= 11 is 1.75. The molecule has 0 aliphatic heterocycles. The molecule has 1 aromatic carbocycles. The van der Waals surface area contributed by atoms with Gasteiger partial charge in [-0.3, -0.25) is 0 Å². The standard InChI is InChI=1S/C11H12OS.C2H6/c1-8(12)6-9-2-3-10-4-5-13-11(10)7-9;1-2/h2-5,7-8,12H,6H2,1H3;1-2H3. The second-order valence-corrected chi connectivity index (χ2v) is 4.29. The summed E-state index contributed by atoms with van der Waals surface area (Å²) in [7, 11) is 0. The Balaban J connectivity index is 0.000000531. The molecule has 15 heavy (non-hydrogen) atoms. The second-order valence-electron chi connectivity index (χ2n) is 3.35. The number of rotatable bonds is 2. The lowest BCUT2D eigenvalue weighted by atomic mass is 10.1. The van der Waals surface area contributed by atoms with Gasteiger partial charge in [0.25, 0.3) is 0 Å². The van der Waals surface area contributed by atoms with E-state index in [1.54, 1.807) is 11.3 Å². The normalized spacial score (nSPS) is 12.0. The topological polar surface area (TPSA) is 20.2 Å².